The van der Waals surface area contributed by atoms with Gasteiger partial charge in [0.15, 0.2) is 5.65 Å². The van der Waals surface area contributed by atoms with Gasteiger partial charge in [0.1, 0.15) is 5.82 Å². The molecular formula is C28H40N6. The molecular weight excluding hydrogens is 420 g/mol. The van der Waals surface area contributed by atoms with E-state index in [1.807, 2.05) is 23.1 Å². The van der Waals surface area contributed by atoms with E-state index in [0.29, 0.717) is 5.92 Å². The first kappa shape index (κ1) is 22.3. The van der Waals surface area contributed by atoms with Crippen LogP contribution in [-0.2, 0) is 0 Å². The first-order valence-electron chi connectivity index (χ1n) is 13.8. The van der Waals surface area contributed by atoms with Gasteiger partial charge in [-0.05, 0) is 82.4 Å². The van der Waals surface area contributed by atoms with Gasteiger partial charge in [0, 0.05) is 48.2 Å². The first-order valence-corrected chi connectivity index (χ1v) is 13.8. The highest BCUT2D eigenvalue weighted by Crippen LogP contribution is 2.42. The van der Waals surface area contributed by atoms with E-state index in [4.69, 9.17) is 4.98 Å². The van der Waals surface area contributed by atoms with Crippen molar-refractivity contribution in [2.45, 2.75) is 89.5 Å². The summed E-state index contributed by atoms with van der Waals surface area (Å²) < 4.78 is 1.98. The molecule has 182 valence electrons. The third kappa shape index (κ3) is 4.53. The minimum absolute atomic E-state index is 0.542. The average molecular weight is 461 g/mol. The van der Waals surface area contributed by atoms with Crippen LogP contribution in [0.2, 0.25) is 0 Å². The number of hydrogen-bond acceptors (Lipinski definition) is 5. The van der Waals surface area contributed by atoms with Crippen LogP contribution in [0.4, 0.5) is 5.82 Å². The molecule has 2 saturated carbocycles. The highest BCUT2D eigenvalue weighted by Gasteiger charge is 2.36. The molecule has 6 heteroatoms. The number of aromatic nitrogens is 3. The van der Waals surface area contributed by atoms with Gasteiger partial charge in [-0.1, -0.05) is 25.7 Å². The van der Waals surface area contributed by atoms with E-state index in [-0.39, 0.29) is 0 Å². The average Bonchev–Trinajstić information content (AvgIpc) is 3.28. The second-order valence-corrected chi connectivity index (χ2v) is 11.2. The molecule has 3 unspecified atom stereocenters. The van der Waals surface area contributed by atoms with Gasteiger partial charge in [0.2, 0.25) is 0 Å². The molecule has 2 aromatic rings. The van der Waals surface area contributed by atoms with Crippen molar-refractivity contribution in [1.29, 1.82) is 0 Å². The van der Waals surface area contributed by atoms with Crippen LogP contribution in [0.3, 0.4) is 0 Å². The maximum atomic E-state index is 5.11. The second kappa shape index (κ2) is 9.80. The molecule has 1 saturated heterocycles. The third-order valence-electron chi connectivity index (χ3n) is 9.10. The largest absolute Gasteiger partial charge is 0.366 e. The SMILES string of the molecule is Cc1cnn2c(NCC3=CN=CCC3)cc(C3CCN(C4CCC5CCCCC5C4)CC3)nc12. The summed E-state index contributed by atoms with van der Waals surface area (Å²) >= 11 is 0. The van der Waals surface area contributed by atoms with Gasteiger partial charge in [0.25, 0.3) is 0 Å². The molecule has 3 atom stereocenters. The molecule has 1 N–H and O–H groups in total. The zero-order valence-corrected chi connectivity index (χ0v) is 20.8. The maximum absolute atomic E-state index is 5.11. The van der Waals surface area contributed by atoms with E-state index in [1.54, 1.807) is 0 Å². The lowest BCUT2D eigenvalue weighted by Crippen LogP contribution is -2.45. The molecule has 0 amide bonds. The summed E-state index contributed by atoms with van der Waals surface area (Å²) in [5.74, 6) is 3.65. The summed E-state index contributed by atoms with van der Waals surface area (Å²) in [5.41, 5.74) is 4.73. The molecule has 6 rings (SSSR count). The fraction of sp³-hybridized carbons (Fsp3) is 0.679. The Kier molecular flexibility index (Phi) is 6.42. The van der Waals surface area contributed by atoms with Crippen molar-refractivity contribution >= 4 is 17.7 Å². The molecule has 6 nitrogen and oxygen atoms in total. The smallest absolute Gasteiger partial charge is 0.160 e. The normalized spacial score (nSPS) is 28.6. The topological polar surface area (TPSA) is 57.8 Å². The van der Waals surface area contributed by atoms with Crippen LogP contribution in [0.25, 0.3) is 5.65 Å². The fourth-order valence-corrected chi connectivity index (χ4v) is 7.05. The van der Waals surface area contributed by atoms with Crippen LogP contribution in [0, 0.1) is 18.8 Å². The van der Waals surface area contributed by atoms with Crippen molar-refractivity contribution in [3.63, 3.8) is 0 Å². The van der Waals surface area contributed by atoms with E-state index >= 15 is 0 Å². The number of nitrogens with one attached hydrogen (secondary N) is 1. The Hall–Kier alpha value is -2.21. The second-order valence-electron chi connectivity index (χ2n) is 11.2. The van der Waals surface area contributed by atoms with Crippen molar-refractivity contribution in [2.75, 3.05) is 25.0 Å². The summed E-state index contributed by atoms with van der Waals surface area (Å²) in [6.45, 7) is 5.39. The minimum atomic E-state index is 0.542. The number of rotatable bonds is 5. The number of aliphatic imine (C=N–C) groups is 1. The maximum Gasteiger partial charge on any atom is 0.160 e. The molecule has 0 aromatic carbocycles. The zero-order chi connectivity index (χ0) is 22.9. The van der Waals surface area contributed by atoms with Gasteiger partial charge in [-0.25, -0.2) is 4.98 Å². The lowest BCUT2D eigenvalue weighted by atomic mass is 9.69. The Morgan fingerprint density at radius 2 is 1.88 bits per heavy atom. The Labute approximate surface area is 203 Å². The van der Waals surface area contributed by atoms with Crippen LogP contribution in [-0.4, -0.2) is 51.4 Å². The van der Waals surface area contributed by atoms with Gasteiger partial charge < -0.3 is 10.2 Å². The summed E-state index contributed by atoms with van der Waals surface area (Å²) in [5, 5.41) is 8.25. The number of likely N-dealkylation sites (tertiary alicyclic amines) is 1. The highest BCUT2D eigenvalue weighted by molar-refractivity contribution is 5.60. The lowest BCUT2D eigenvalue weighted by molar-refractivity contribution is 0.0587. The predicted molar refractivity (Wildman–Crippen MR) is 139 cm³/mol. The lowest BCUT2D eigenvalue weighted by Gasteiger charge is -2.45. The molecule has 2 aromatic heterocycles. The molecule has 3 fully saturated rings. The van der Waals surface area contributed by atoms with E-state index in [1.165, 1.54) is 82.1 Å². The van der Waals surface area contributed by atoms with Crippen molar-refractivity contribution in [3.8, 4) is 0 Å². The number of hydrogen-bond donors (Lipinski definition) is 1. The van der Waals surface area contributed by atoms with Crippen molar-refractivity contribution in [3.05, 3.63) is 35.3 Å². The van der Waals surface area contributed by atoms with Crippen LogP contribution < -0.4 is 5.32 Å². The standard InChI is InChI=1S/C28H40N6/c1-20-17-31-34-27(30-19-21-5-4-12-29-18-21)16-26(32-28(20)34)23-10-13-33(14-11-23)25-9-8-22-6-2-3-7-24(22)15-25/h12,16-18,22-25,30H,2-11,13-15,19H2,1H3. The third-order valence-corrected chi connectivity index (χ3v) is 9.10. The number of aryl methyl sites for hydroxylation is 1. The first-order chi connectivity index (χ1) is 16.7. The van der Waals surface area contributed by atoms with Crippen molar-refractivity contribution in [1.82, 2.24) is 19.5 Å². The number of fused-ring (bicyclic) bond motifs is 2. The van der Waals surface area contributed by atoms with Crippen LogP contribution in [0.5, 0.6) is 0 Å². The monoisotopic (exact) mass is 460 g/mol. The van der Waals surface area contributed by atoms with E-state index < -0.39 is 0 Å². The number of anilines is 1. The van der Waals surface area contributed by atoms with E-state index in [0.717, 1.165) is 54.3 Å². The summed E-state index contributed by atoms with van der Waals surface area (Å²) in [7, 11) is 0. The number of nitrogens with zero attached hydrogens (tertiary/aromatic N) is 5. The Morgan fingerprint density at radius 3 is 2.71 bits per heavy atom. The van der Waals surface area contributed by atoms with Gasteiger partial charge >= 0.3 is 0 Å². The predicted octanol–water partition coefficient (Wildman–Crippen LogP) is 5.74. The number of piperidine rings is 1. The summed E-state index contributed by atoms with van der Waals surface area (Å²) in [4.78, 5) is 12.3. The van der Waals surface area contributed by atoms with Gasteiger partial charge in [-0.15, -0.1) is 0 Å². The Morgan fingerprint density at radius 1 is 1.03 bits per heavy atom. The molecule has 0 radical (unpaired) electrons. The zero-order valence-electron chi connectivity index (χ0n) is 20.8. The fourth-order valence-electron chi connectivity index (χ4n) is 7.05. The molecule has 34 heavy (non-hydrogen) atoms. The molecule has 0 spiro atoms. The van der Waals surface area contributed by atoms with Crippen molar-refractivity contribution < 1.29 is 0 Å². The van der Waals surface area contributed by atoms with Gasteiger partial charge in [-0.2, -0.15) is 9.61 Å². The molecule has 2 aliphatic heterocycles. The summed E-state index contributed by atoms with van der Waals surface area (Å²) in [6.07, 6.45) is 20.8. The van der Waals surface area contributed by atoms with Crippen LogP contribution >= 0.6 is 0 Å². The van der Waals surface area contributed by atoms with Gasteiger partial charge in [0.05, 0.1) is 6.20 Å². The van der Waals surface area contributed by atoms with Crippen LogP contribution in [0.1, 0.15) is 87.8 Å². The molecule has 4 aliphatic rings. The molecule has 0 bridgehead atoms. The Balaban J connectivity index is 1.14. The summed E-state index contributed by atoms with van der Waals surface area (Å²) in [6, 6.07) is 3.09. The highest BCUT2D eigenvalue weighted by atomic mass is 15.3. The molecule has 4 heterocycles. The van der Waals surface area contributed by atoms with E-state index in [9.17, 15) is 0 Å². The minimum Gasteiger partial charge on any atom is -0.366 e. The Bertz CT molecular complexity index is 1060. The van der Waals surface area contributed by atoms with E-state index in [2.05, 4.69) is 33.3 Å². The van der Waals surface area contributed by atoms with Gasteiger partial charge in [-0.3, -0.25) is 4.99 Å². The van der Waals surface area contributed by atoms with Crippen LogP contribution in [0.15, 0.2) is 29.0 Å². The quantitative estimate of drug-likeness (QED) is 0.618. The molecule has 2 aliphatic carbocycles. The van der Waals surface area contributed by atoms with Crippen molar-refractivity contribution in [2.24, 2.45) is 16.8 Å².